The SMILES string of the molecule is CCCCCC(CCCCC)COC(=O)[C@@H](N)Cc1cc(F)cc(F)c1. The van der Waals surface area contributed by atoms with Gasteiger partial charge in [-0.05, 0) is 42.9 Å². The lowest BCUT2D eigenvalue weighted by atomic mass is 9.96. The van der Waals surface area contributed by atoms with Gasteiger partial charge in [-0.25, -0.2) is 8.78 Å². The van der Waals surface area contributed by atoms with Crippen LogP contribution in [0.3, 0.4) is 0 Å². The highest BCUT2D eigenvalue weighted by atomic mass is 19.1. The number of carbonyl (C=O) groups is 1. The van der Waals surface area contributed by atoms with Gasteiger partial charge in [0.1, 0.15) is 17.7 Å². The molecule has 0 aliphatic rings. The molecule has 0 radical (unpaired) electrons. The first-order valence-electron chi connectivity index (χ1n) is 9.83. The second-order valence-corrected chi connectivity index (χ2v) is 7.08. The number of hydrogen-bond donors (Lipinski definition) is 1. The number of hydrogen-bond acceptors (Lipinski definition) is 3. The molecule has 0 aliphatic carbocycles. The lowest BCUT2D eigenvalue weighted by Crippen LogP contribution is -2.35. The largest absolute Gasteiger partial charge is 0.464 e. The van der Waals surface area contributed by atoms with Gasteiger partial charge in [0.15, 0.2) is 0 Å². The highest BCUT2D eigenvalue weighted by molar-refractivity contribution is 5.75. The molecule has 0 heterocycles. The summed E-state index contributed by atoms with van der Waals surface area (Å²) in [7, 11) is 0. The minimum Gasteiger partial charge on any atom is -0.464 e. The lowest BCUT2D eigenvalue weighted by Gasteiger charge is -2.18. The molecule has 1 aromatic rings. The molecule has 148 valence electrons. The second-order valence-electron chi connectivity index (χ2n) is 7.08. The Morgan fingerprint density at radius 2 is 1.54 bits per heavy atom. The van der Waals surface area contributed by atoms with Crippen molar-refractivity contribution in [3.8, 4) is 0 Å². The van der Waals surface area contributed by atoms with E-state index in [1.54, 1.807) is 0 Å². The summed E-state index contributed by atoms with van der Waals surface area (Å²) in [5.74, 6) is -1.50. The van der Waals surface area contributed by atoms with Crippen molar-refractivity contribution in [3.63, 3.8) is 0 Å². The first-order chi connectivity index (χ1) is 12.5. The maximum Gasteiger partial charge on any atom is 0.323 e. The van der Waals surface area contributed by atoms with Crippen LogP contribution in [0.4, 0.5) is 8.78 Å². The fraction of sp³-hybridized carbons (Fsp3) is 0.667. The molecule has 3 nitrogen and oxygen atoms in total. The number of esters is 1. The van der Waals surface area contributed by atoms with E-state index < -0.39 is 23.6 Å². The van der Waals surface area contributed by atoms with Crippen LogP contribution in [0.1, 0.15) is 70.8 Å². The van der Waals surface area contributed by atoms with E-state index in [2.05, 4.69) is 13.8 Å². The van der Waals surface area contributed by atoms with Crippen LogP contribution in [0.5, 0.6) is 0 Å². The highest BCUT2D eigenvalue weighted by Crippen LogP contribution is 2.18. The Labute approximate surface area is 156 Å². The summed E-state index contributed by atoms with van der Waals surface area (Å²) >= 11 is 0. The molecule has 0 aromatic heterocycles. The number of rotatable bonds is 13. The number of nitrogens with two attached hydrogens (primary N) is 1. The summed E-state index contributed by atoms with van der Waals surface area (Å²) < 4.78 is 31.9. The molecule has 0 bridgehead atoms. The average Bonchev–Trinajstić information content (AvgIpc) is 2.58. The van der Waals surface area contributed by atoms with E-state index in [4.69, 9.17) is 10.5 Å². The van der Waals surface area contributed by atoms with Crippen molar-refractivity contribution in [1.29, 1.82) is 0 Å². The highest BCUT2D eigenvalue weighted by Gasteiger charge is 2.19. The number of ether oxygens (including phenoxy) is 1. The first-order valence-corrected chi connectivity index (χ1v) is 9.83. The van der Waals surface area contributed by atoms with Crippen LogP contribution >= 0.6 is 0 Å². The molecule has 5 heteroatoms. The van der Waals surface area contributed by atoms with Crippen molar-refractivity contribution < 1.29 is 18.3 Å². The summed E-state index contributed by atoms with van der Waals surface area (Å²) in [5, 5.41) is 0. The molecular weight excluding hydrogens is 336 g/mol. The zero-order chi connectivity index (χ0) is 19.4. The first kappa shape index (κ1) is 22.6. The third kappa shape index (κ3) is 9.27. The summed E-state index contributed by atoms with van der Waals surface area (Å²) in [6, 6.07) is 2.26. The van der Waals surface area contributed by atoms with Crippen LogP contribution in [0, 0.1) is 17.6 Å². The molecule has 0 spiro atoms. The average molecular weight is 369 g/mol. The minimum absolute atomic E-state index is 0.0594. The molecule has 0 fully saturated rings. The van der Waals surface area contributed by atoms with Crippen LogP contribution in [0.15, 0.2) is 18.2 Å². The molecular formula is C21H33F2NO2. The molecule has 1 atom stereocenters. The molecule has 0 saturated heterocycles. The maximum atomic E-state index is 13.2. The van der Waals surface area contributed by atoms with Gasteiger partial charge in [-0.3, -0.25) is 4.79 Å². The Kier molecular flexibility index (Phi) is 11.1. The second kappa shape index (κ2) is 12.8. The Morgan fingerprint density at radius 1 is 1.00 bits per heavy atom. The van der Waals surface area contributed by atoms with Crippen molar-refractivity contribution in [1.82, 2.24) is 0 Å². The van der Waals surface area contributed by atoms with Crippen molar-refractivity contribution in [3.05, 3.63) is 35.4 Å². The topological polar surface area (TPSA) is 52.3 Å². The van der Waals surface area contributed by atoms with Gasteiger partial charge in [-0.2, -0.15) is 0 Å². The Morgan fingerprint density at radius 3 is 2.04 bits per heavy atom. The van der Waals surface area contributed by atoms with Crippen molar-refractivity contribution in [2.45, 2.75) is 77.7 Å². The van der Waals surface area contributed by atoms with E-state index in [0.29, 0.717) is 18.1 Å². The summed E-state index contributed by atoms with van der Waals surface area (Å²) in [6.07, 6.45) is 9.13. The standard InChI is InChI=1S/C21H33F2NO2/c1-3-5-7-9-16(10-8-6-4-2)15-26-21(25)20(24)13-17-11-18(22)14-19(23)12-17/h11-12,14,16,20H,3-10,13,15,24H2,1-2H3/t20-/m0/s1. The van der Waals surface area contributed by atoms with Crippen LogP contribution in [0.25, 0.3) is 0 Å². The maximum absolute atomic E-state index is 13.2. The van der Waals surface area contributed by atoms with Gasteiger partial charge in [0.2, 0.25) is 0 Å². The van der Waals surface area contributed by atoms with Gasteiger partial charge in [0.05, 0.1) is 6.61 Å². The Bertz CT molecular complexity index is 506. The van der Waals surface area contributed by atoms with Crippen LogP contribution in [0.2, 0.25) is 0 Å². The fourth-order valence-corrected chi connectivity index (χ4v) is 3.05. The molecule has 1 aromatic carbocycles. The number of unbranched alkanes of at least 4 members (excludes halogenated alkanes) is 4. The predicted octanol–water partition coefficient (Wildman–Crippen LogP) is 5.15. The Hall–Kier alpha value is -1.49. The van der Waals surface area contributed by atoms with Crippen molar-refractivity contribution in [2.24, 2.45) is 11.7 Å². The molecule has 2 N–H and O–H groups in total. The Balaban J connectivity index is 2.47. The summed E-state index contributed by atoms with van der Waals surface area (Å²) in [6.45, 7) is 4.71. The molecule has 0 unspecified atom stereocenters. The smallest absolute Gasteiger partial charge is 0.323 e. The molecule has 1 rings (SSSR count). The van der Waals surface area contributed by atoms with Crippen LogP contribution < -0.4 is 5.73 Å². The van der Waals surface area contributed by atoms with Gasteiger partial charge in [-0.15, -0.1) is 0 Å². The lowest BCUT2D eigenvalue weighted by molar-refractivity contribution is -0.146. The van der Waals surface area contributed by atoms with Gasteiger partial charge in [-0.1, -0.05) is 52.4 Å². The molecule has 26 heavy (non-hydrogen) atoms. The molecule has 0 saturated carbocycles. The van der Waals surface area contributed by atoms with E-state index in [-0.39, 0.29) is 6.42 Å². The zero-order valence-electron chi connectivity index (χ0n) is 16.1. The summed E-state index contributed by atoms with van der Waals surface area (Å²) in [4.78, 5) is 12.1. The number of halogens is 2. The third-order valence-corrected chi connectivity index (χ3v) is 4.57. The summed E-state index contributed by atoms with van der Waals surface area (Å²) in [5.41, 5.74) is 6.22. The number of benzene rings is 1. The van der Waals surface area contributed by atoms with E-state index in [1.165, 1.54) is 25.0 Å². The van der Waals surface area contributed by atoms with E-state index in [0.717, 1.165) is 44.6 Å². The van der Waals surface area contributed by atoms with Crippen LogP contribution in [-0.2, 0) is 16.0 Å². The minimum atomic E-state index is -0.914. The fourth-order valence-electron chi connectivity index (χ4n) is 3.05. The zero-order valence-corrected chi connectivity index (χ0v) is 16.1. The van der Waals surface area contributed by atoms with Crippen molar-refractivity contribution in [2.75, 3.05) is 6.61 Å². The quantitative estimate of drug-likeness (QED) is 0.386. The van der Waals surface area contributed by atoms with E-state index >= 15 is 0 Å². The molecule has 0 aliphatic heterocycles. The third-order valence-electron chi connectivity index (χ3n) is 4.57. The van der Waals surface area contributed by atoms with Gasteiger partial charge < -0.3 is 10.5 Å². The van der Waals surface area contributed by atoms with Crippen molar-refractivity contribution >= 4 is 5.97 Å². The van der Waals surface area contributed by atoms with E-state index in [9.17, 15) is 13.6 Å². The van der Waals surface area contributed by atoms with Gasteiger partial charge in [0, 0.05) is 6.07 Å². The monoisotopic (exact) mass is 369 g/mol. The normalized spacial score (nSPS) is 12.4. The molecule has 0 amide bonds. The number of carbonyl (C=O) groups excluding carboxylic acids is 1. The predicted molar refractivity (Wildman–Crippen MR) is 101 cm³/mol. The van der Waals surface area contributed by atoms with E-state index in [1.807, 2.05) is 0 Å². The van der Waals surface area contributed by atoms with Gasteiger partial charge >= 0.3 is 5.97 Å². The van der Waals surface area contributed by atoms with Gasteiger partial charge in [0.25, 0.3) is 0 Å². The van der Waals surface area contributed by atoms with Crippen LogP contribution in [-0.4, -0.2) is 18.6 Å².